The van der Waals surface area contributed by atoms with Crippen molar-refractivity contribution in [3.8, 4) is 11.6 Å². The molecule has 0 amide bonds. The Morgan fingerprint density at radius 1 is 1.44 bits per heavy atom. The molecule has 0 spiro atoms. The van der Waals surface area contributed by atoms with Crippen LogP contribution in [0, 0.1) is 0 Å². The van der Waals surface area contributed by atoms with E-state index < -0.39 is 5.60 Å². The summed E-state index contributed by atoms with van der Waals surface area (Å²) in [6.07, 6.45) is 0. The van der Waals surface area contributed by atoms with E-state index in [4.69, 9.17) is 15.0 Å². The predicted molar refractivity (Wildman–Crippen MR) is 67.9 cm³/mol. The van der Waals surface area contributed by atoms with Gasteiger partial charge in [-0.2, -0.15) is 4.98 Å². The molecule has 0 aromatic carbocycles. The van der Waals surface area contributed by atoms with Crippen molar-refractivity contribution >= 4 is 11.3 Å². The van der Waals surface area contributed by atoms with Gasteiger partial charge < -0.3 is 15.0 Å². The van der Waals surface area contributed by atoms with Crippen LogP contribution in [0.15, 0.2) is 9.90 Å². The Morgan fingerprint density at radius 3 is 2.83 bits per heavy atom. The van der Waals surface area contributed by atoms with Crippen LogP contribution in [-0.4, -0.2) is 21.7 Å². The van der Waals surface area contributed by atoms with Crippen LogP contribution in [-0.2, 0) is 16.9 Å². The third-order valence-corrected chi connectivity index (χ3v) is 3.29. The number of thiazole rings is 1. The first-order chi connectivity index (χ1) is 8.56. The molecule has 0 saturated heterocycles. The van der Waals surface area contributed by atoms with E-state index >= 15 is 0 Å². The van der Waals surface area contributed by atoms with Gasteiger partial charge in [-0.15, -0.1) is 11.3 Å². The Morgan fingerprint density at radius 2 is 2.22 bits per heavy atom. The van der Waals surface area contributed by atoms with Gasteiger partial charge in [0, 0.05) is 18.5 Å². The molecule has 0 atom stereocenters. The van der Waals surface area contributed by atoms with Gasteiger partial charge >= 0.3 is 0 Å². The molecule has 2 heterocycles. The molecular formula is C11H16N4O2S. The minimum atomic E-state index is -0.566. The number of nitrogens with zero attached hydrogens (tertiary/aromatic N) is 3. The molecule has 98 valence electrons. The van der Waals surface area contributed by atoms with Crippen LogP contribution in [0.1, 0.15) is 31.6 Å². The lowest BCUT2D eigenvalue weighted by molar-refractivity contribution is -0.0221. The summed E-state index contributed by atoms with van der Waals surface area (Å²) in [6.45, 7) is 6.73. The largest absolute Gasteiger partial charge is 0.368 e. The molecule has 0 aliphatic rings. The molecule has 0 aliphatic heterocycles. The Labute approximate surface area is 109 Å². The van der Waals surface area contributed by atoms with Crippen LogP contribution >= 0.6 is 11.3 Å². The van der Waals surface area contributed by atoms with Crippen molar-refractivity contribution in [2.24, 2.45) is 5.73 Å². The Kier molecular flexibility index (Phi) is 3.74. The van der Waals surface area contributed by atoms with Crippen molar-refractivity contribution < 1.29 is 9.26 Å². The monoisotopic (exact) mass is 268 g/mol. The van der Waals surface area contributed by atoms with Crippen molar-refractivity contribution in [3.63, 3.8) is 0 Å². The zero-order valence-electron chi connectivity index (χ0n) is 10.6. The number of rotatable bonds is 5. The summed E-state index contributed by atoms with van der Waals surface area (Å²) in [7, 11) is 0. The smallest absolute Gasteiger partial charge is 0.277 e. The second-order valence-electron chi connectivity index (χ2n) is 4.20. The van der Waals surface area contributed by atoms with Crippen molar-refractivity contribution in [2.75, 3.05) is 6.61 Å². The maximum atomic E-state index is 5.57. The molecule has 0 saturated carbocycles. The fraction of sp³-hybridized carbons (Fsp3) is 0.545. The maximum Gasteiger partial charge on any atom is 0.277 e. The quantitative estimate of drug-likeness (QED) is 0.891. The van der Waals surface area contributed by atoms with Crippen molar-refractivity contribution in [1.82, 2.24) is 15.1 Å². The summed E-state index contributed by atoms with van der Waals surface area (Å²) in [5.74, 6) is 0.912. The first kappa shape index (κ1) is 13.1. The van der Waals surface area contributed by atoms with Crippen molar-refractivity contribution in [3.05, 3.63) is 16.2 Å². The zero-order valence-corrected chi connectivity index (χ0v) is 11.5. The third kappa shape index (κ3) is 2.58. The highest BCUT2D eigenvalue weighted by Gasteiger charge is 2.27. The van der Waals surface area contributed by atoms with Gasteiger partial charge in [-0.1, -0.05) is 5.16 Å². The summed E-state index contributed by atoms with van der Waals surface area (Å²) in [5, 5.41) is 6.64. The minimum Gasteiger partial charge on any atom is -0.368 e. The molecule has 0 aliphatic carbocycles. The van der Waals surface area contributed by atoms with E-state index in [1.807, 2.05) is 26.2 Å². The molecule has 0 fully saturated rings. The second-order valence-corrected chi connectivity index (χ2v) is 5.14. The normalized spacial score (nSPS) is 12.0. The van der Waals surface area contributed by atoms with E-state index in [2.05, 4.69) is 15.1 Å². The van der Waals surface area contributed by atoms with Gasteiger partial charge in [-0.3, -0.25) is 0 Å². The molecule has 2 rings (SSSR count). The van der Waals surface area contributed by atoms with E-state index in [-0.39, 0.29) is 0 Å². The van der Waals surface area contributed by atoms with Gasteiger partial charge in [0.05, 0.1) is 0 Å². The lowest BCUT2D eigenvalue weighted by Crippen LogP contribution is -2.23. The van der Waals surface area contributed by atoms with Crippen LogP contribution in [0.5, 0.6) is 0 Å². The van der Waals surface area contributed by atoms with E-state index in [9.17, 15) is 0 Å². The summed E-state index contributed by atoms with van der Waals surface area (Å²) in [4.78, 5) is 8.62. The lowest BCUT2D eigenvalue weighted by Gasteiger charge is -2.19. The predicted octanol–water partition coefficient (Wildman–Crippen LogP) is 1.92. The van der Waals surface area contributed by atoms with Crippen LogP contribution in [0.3, 0.4) is 0 Å². The van der Waals surface area contributed by atoms with Gasteiger partial charge in [0.25, 0.3) is 5.89 Å². The Hall–Kier alpha value is -1.31. The molecule has 2 aromatic rings. The van der Waals surface area contributed by atoms with E-state index in [1.165, 1.54) is 11.3 Å². The maximum absolute atomic E-state index is 5.57. The van der Waals surface area contributed by atoms with Crippen LogP contribution in [0.4, 0.5) is 0 Å². The molecule has 0 radical (unpaired) electrons. The number of hydrogen-bond donors (Lipinski definition) is 1. The summed E-state index contributed by atoms with van der Waals surface area (Å²) >= 11 is 1.48. The molecule has 0 bridgehead atoms. The molecule has 6 nitrogen and oxygen atoms in total. The van der Waals surface area contributed by atoms with Crippen LogP contribution < -0.4 is 5.73 Å². The first-order valence-electron chi connectivity index (χ1n) is 5.69. The molecule has 2 N–H and O–H groups in total. The van der Waals surface area contributed by atoms with Gasteiger partial charge in [0.15, 0.2) is 0 Å². The van der Waals surface area contributed by atoms with E-state index in [0.717, 1.165) is 5.01 Å². The van der Waals surface area contributed by atoms with Crippen LogP contribution in [0.2, 0.25) is 0 Å². The zero-order chi connectivity index (χ0) is 13.2. The van der Waals surface area contributed by atoms with Crippen LogP contribution in [0.25, 0.3) is 11.6 Å². The number of aromatic nitrogens is 3. The standard InChI is InChI=1S/C11H16N4O2S/c1-4-16-11(2,3)10-14-9(17-15-10)7-6-18-8(5-12)13-7/h6H,4-5,12H2,1-3H3. The molecular weight excluding hydrogens is 252 g/mol. The minimum absolute atomic E-state index is 0.397. The number of ether oxygens (including phenoxy) is 1. The Bertz CT molecular complexity index is 521. The highest BCUT2D eigenvalue weighted by atomic mass is 32.1. The Balaban J connectivity index is 2.24. The van der Waals surface area contributed by atoms with Crippen molar-refractivity contribution in [1.29, 1.82) is 0 Å². The number of nitrogens with two attached hydrogens (primary N) is 1. The molecule has 18 heavy (non-hydrogen) atoms. The fourth-order valence-electron chi connectivity index (χ4n) is 1.50. The van der Waals surface area contributed by atoms with Gasteiger partial charge in [0.2, 0.25) is 5.82 Å². The summed E-state index contributed by atoms with van der Waals surface area (Å²) < 4.78 is 10.8. The second kappa shape index (κ2) is 5.13. The fourth-order valence-corrected chi connectivity index (χ4v) is 2.15. The third-order valence-electron chi connectivity index (χ3n) is 2.42. The van der Waals surface area contributed by atoms with E-state index in [0.29, 0.717) is 30.6 Å². The van der Waals surface area contributed by atoms with Crippen molar-refractivity contribution in [2.45, 2.75) is 32.9 Å². The highest BCUT2D eigenvalue weighted by molar-refractivity contribution is 7.09. The average Bonchev–Trinajstić information content (AvgIpc) is 2.98. The van der Waals surface area contributed by atoms with Gasteiger partial charge in [0.1, 0.15) is 16.3 Å². The van der Waals surface area contributed by atoms with E-state index in [1.54, 1.807) is 0 Å². The average molecular weight is 268 g/mol. The molecule has 0 unspecified atom stereocenters. The van der Waals surface area contributed by atoms with Gasteiger partial charge in [-0.05, 0) is 20.8 Å². The summed E-state index contributed by atoms with van der Waals surface area (Å²) in [6, 6.07) is 0. The lowest BCUT2D eigenvalue weighted by atomic mass is 10.1. The SMILES string of the molecule is CCOC(C)(C)c1noc(-c2csc(CN)n2)n1. The first-order valence-corrected chi connectivity index (χ1v) is 6.57. The molecule has 7 heteroatoms. The summed E-state index contributed by atoms with van der Waals surface area (Å²) in [5.41, 5.74) is 5.61. The topological polar surface area (TPSA) is 87.1 Å². The number of hydrogen-bond acceptors (Lipinski definition) is 7. The van der Waals surface area contributed by atoms with Gasteiger partial charge in [-0.25, -0.2) is 4.98 Å². The molecule has 2 aromatic heterocycles. The highest BCUT2D eigenvalue weighted by Crippen LogP contribution is 2.25.